The average molecular weight is 245 g/mol. The van der Waals surface area contributed by atoms with Crippen LogP contribution in [0.4, 0.5) is 0 Å². The molecule has 0 atom stereocenters. The molecule has 0 fully saturated rings. The van der Waals surface area contributed by atoms with Gasteiger partial charge in [0.15, 0.2) is 5.78 Å². The van der Waals surface area contributed by atoms with Crippen molar-refractivity contribution in [2.45, 2.75) is 0 Å². The summed E-state index contributed by atoms with van der Waals surface area (Å²) in [7, 11) is 1.65. The first-order valence-corrected chi connectivity index (χ1v) is 6.13. The molecule has 82 valence electrons. The molecule has 15 heavy (non-hydrogen) atoms. The molecule has 0 heterocycles. The van der Waals surface area contributed by atoms with Crippen LogP contribution < -0.4 is 0 Å². The van der Waals surface area contributed by atoms with Crippen LogP contribution in [0.2, 0.25) is 5.02 Å². The number of Topliss-reactive ketones (excluding diaryl/α,β-unsaturated/α-hetero) is 1. The van der Waals surface area contributed by atoms with E-state index in [1.165, 1.54) is 0 Å². The highest BCUT2D eigenvalue weighted by Gasteiger charge is 2.08. The molecule has 0 spiro atoms. The number of rotatable bonds is 6. The van der Waals surface area contributed by atoms with E-state index in [0.29, 0.717) is 22.9 Å². The molecule has 0 aliphatic heterocycles. The average Bonchev–Trinajstić information content (AvgIpc) is 2.25. The first-order valence-electron chi connectivity index (χ1n) is 4.60. The summed E-state index contributed by atoms with van der Waals surface area (Å²) < 4.78 is 4.89. The van der Waals surface area contributed by atoms with Gasteiger partial charge in [-0.3, -0.25) is 4.79 Å². The Balaban J connectivity index is 2.44. The Morgan fingerprint density at radius 2 is 2.20 bits per heavy atom. The second-order valence-electron chi connectivity index (χ2n) is 2.95. The smallest absolute Gasteiger partial charge is 0.174 e. The van der Waals surface area contributed by atoms with Crippen molar-refractivity contribution in [3.05, 3.63) is 34.9 Å². The van der Waals surface area contributed by atoms with Crippen LogP contribution >= 0.6 is 23.4 Å². The number of thioether (sulfide) groups is 1. The van der Waals surface area contributed by atoms with Crippen LogP contribution in [-0.4, -0.2) is 31.0 Å². The minimum atomic E-state index is 0.0710. The van der Waals surface area contributed by atoms with Crippen molar-refractivity contribution in [2.75, 3.05) is 25.2 Å². The molecule has 0 unspecified atom stereocenters. The molecule has 0 aliphatic carbocycles. The van der Waals surface area contributed by atoms with E-state index in [-0.39, 0.29) is 5.78 Å². The largest absolute Gasteiger partial charge is 0.384 e. The van der Waals surface area contributed by atoms with Gasteiger partial charge in [0.1, 0.15) is 0 Å². The number of methoxy groups -OCH3 is 1. The fourth-order valence-electron chi connectivity index (χ4n) is 1.07. The Hall–Kier alpha value is -0.510. The zero-order valence-corrected chi connectivity index (χ0v) is 10.1. The highest BCUT2D eigenvalue weighted by Crippen LogP contribution is 2.17. The number of carbonyl (C=O) groups excluding carboxylic acids is 1. The standard InChI is InChI=1S/C11H13ClO2S/c1-14-6-7-15-8-11(13)9-4-2-3-5-10(9)12/h2-5H,6-8H2,1H3. The lowest BCUT2D eigenvalue weighted by Gasteiger charge is -2.02. The van der Waals surface area contributed by atoms with Crippen LogP contribution in [0.5, 0.6) is 0 Å². The molecule has 0 saturated carbocycles. The number of carbonyl (C=O) groups is 1. The maximum absolute atomic E-state index is 11.7. The summed E-state index contributed by atoms with van der Waals surface area (Å²) in [6.07, 6.45) is 0. The molecule has 0 aromatic heterocycles. The van der Waals surface area contributed by atoms with Crippen LogP contribution in [0.25, 0.3) is 0 Å². The summed E-state index contributed by atoms with van der Waals surface area (Å²) in [5.41, 5.74) is 0.601. The molecule has 0 radical (unpaired) electrons. The molecule has 0 amide bonds. The van der Waals surface area contributed by atoms with Crippen LogP contribution in [0.1, 0.15) is 10.4 Å². The fourth-order valence-corrected chi connectivity index (χ4v) is 2.08. The Labute approximate surface area is 99.0 Å². The number of ether oxygens (including phenoxy) is 1. The van der Waals surface area contributed by atoms with Gasteiger partial charge in [-0.15, -0.1) is 0 Å². The highest BCUT2D eigenvalue weighted by molar-refractivity contribution is 8.00. The van der Waals surface area contributed by atoms with E-state index in [2.05, 4.69) is 0 Å². The van der Waals surface area contributed by atoms with Crippen molar-refractivity contribution in [3.8, 4) is 0 Å². The summed E-state index contributed by atoms with van der Waals surface area (Å²) in [6.45, 7) is 0.667. The summed E-state index contributed by atoms with van der Waals surface area (Å²) in [4.78, 5) is 11.7. The molecule has 2 nitrogen and oxygen atoms in total. The third-order valence-electron chi connectivity index (χ3n) is 1.84. The zero-order valence-electron chi connectivity index (χ0n) is 8.53. The number of hydrogen-bond acceptors (Lipinski definition) is 3. The van der Waals surface area contributed by atoms with Gasteiger partial charge in [0.05, 0.1) is 17.4 Å². The minimum absolute atomic E-state index is 0.0710. The van der Waals surface area contributed by atoms with Gasteiger partial charge in [0.2, 0.25) is 0 Å². The number of benzene rings is 1. The molecular formula is C11H13ClO2S. The van der Waals surface area contributed by atoms with Gasteiger partial charge in [-0.05, 0) is 12.1 Å². The van der Waals surface area contributed by atoms with Gasteiger partial charge >= 0.3 is 0 Å². The van der Waals surface area contributed by atoms with E-state index in [4.69, 9.17) is 16.3 Å². The maximum Gasteiger partial charge on any atom is 0.174 e. The Kier molecular flexibility index (Phi) is 5.76. The summed E-state index contributed by atoms with van der Waals surface area (Å²) in [5.74, 6) is 1.35. The maximum atomic E-state index is 11.7. The van der Waals surface area contributed by atoms with Crippen molar-refractivity contribution in [2.24, 2.45) is 0 Å². The van der Waals surface area contributed by atoms with E-state index in [0.717, 1.165) is 5.75 Å². The van der Waals surface area contributed by atoms with Gasteiger partial charge in [0.25, 0.3) is 0 Å². The molecule has 1 aromatic carbocycles. The second kappa shape index (κ2) is 6.88. The predicted molar refractivity (Wildman–Crippen MR) is 65.0 cm³/mol. The van der Waals surface area contributed by atoms with Crippen molar-refractivity contribution in [3.63, 3.8) is 0 Å². The van der Waals surface area contributed by atoms with Gasteiger partial charge in [-0.25, -0.2) is 0 Å². The van der Waals surface area contributed by atoms with E-state index in [9.17, 15) is 4.79 Å². The normalized spacial score (nSPS) is 10.3. The molecular weight excluding hydrogens is 232 g/mol. The SMILES string of the molecule is COCCSCC(=O)c1ccccc1Cl. The molecule has 1 aromatic rings. The van der Waals surface area contributed by atoms with Crippen LogP contribution in [-0.2, 0) is 4.74 Å². The topological polar surface area (TPSA) is 26.3 Å². The second-order valence-corrected chi connectivity index (χ2v) is 4.46. The van der Waals surface area contributed by atoms with Crippen molar-refractivity contribution in [1.29, 1.82) is 0 Å². The van der Waals surface area contributed by atoms with Crippen molar-refractivity contribution in [1.82, 2.24) is 0 Å². The first kappa shape index (κ1) is 12.6. The molecule has 0 aliphatic rings. The van der Waals surface area contributed by atoms with E-state index in [1.54, 1.807) is 31.0 Å². The van der Waals surface area contributed by atoms with E-state index in [1.807, 2.05) is 12.1 Å². The monoisotopic (exact) mass is 244 g/mol. The molecule has 0 N–H and O–H groups in total. The van der Waals surface area contributed by atoms with Crippen LogP contribution in [0.3, 0.4) is 0 Å². The van der Waals surface area contributed by atoms with Gasteiger partial charge in [0, 0.05) is 18.4 Å². The van der Waals surface area contributed by atoms with Gasteiger partial charge in [-0.2, -0.15) is 11.8 Å². The number of hydrogen-bond donors (Lipinski definition) is 0. The Morgan fingerprint density at radius 1 is 1.47 bits per heavy atom. The van der Waals surface area contributed by atoms with E-state index < -0.39 is 0 Å². The summed E-state index contributed by atoms with van der Waals surface area (Å²) in [6, 6.07) is 7.12. The summed E-state index contributed by atoms with van der Waals surface area (Å²) in [5, 5.41) is 0.523. The predicted octanol–water partition coefficient (Wildman–Crippen LogP) is 2.90. The fraction of sp³-hybridized carbons (Fsp3) is 0.364. The Bertz CT molecular complexity index is 328. The molecule has 0 bridgehead atoms. The lowest BCUT2D eigenvalue weighted by Crippen LogP contribution is -2.05. The minimum Gasteiger partial charge on any atom is -0.384 e. The quantitative estimate of drug-likeness (QED) is 0.569. The molecule has 0 saturated heterocycles. The molecule has 1 rings (SSSR count). The number of halogens is 1. The lowest BCUT2D eigenvalue weighted by molar-refractivity contribution is 0.102. The van der Waals surface area contributed by atoms with Crippen LogP contribution in [0.15, 0.2) is 24.3 Å². The third-order valence-corrected chi connectivity index (χ3v) is 3.09. The van der Waals surface area contributed by atoms with Gasteiger partial charge in [-0.1, -0.05) is 23.7 Å². The van der Waals surface area contributed by atoms with Gasteiger partial charge < -0.3 is 4.74 Å². The van der Waals surface area contributed by atoms with E-state index >= 15 is 0 Å². The zero-order chi connectivity index (χ0) is 11.1. The molecule has 4 heteroatoms. The van der Waals surface area contributed by atoms with Crippen LogP contribution in [0, 0.1) is 0 Å². The van der Waals surface area contributed by atoms with Crippen molar-refractivity contribution >= 4 is 29.1 Å². The third kappa shape index (κ3) is 4.24. The number of ketones is 1. The Morgan fingerprint density at radius 3 is 2.87 bits per heavy atom. The summed E-state index contributed by atoms with van der Waals surface area (Å²) >= 11 is 7.46. The lowest BCUT2D eigenvalue weighted by atomic mass is 10.1. The highest BCUT2D eigenvalue weighted by atomic mass is 35.5. The first-order chi connectivity index (χ1) is 7.25. The van der Waals surface area contributed by atoms with Crippen molar-refractivity contribution < 1.29 is 9.53 Å².